The minimum absolute atomic E-state index is 0.0506. The molecule has 1 fully saturated rings. The minimum atomic E-state index is -0.0515. The molecule has 0 saturated carbocycles. The number of ether oxygens (including phenoxy) is 2. The van der Waals surface area contributed by atoms with Crippen molar-refractivity contribution in [2.75, 3.05) is 32.2 Å². The summed E-state index contributed by atoms with van der Waals surface area (Å²) in [6.07, 6.45) is 1.46. The number of oxime groups is 1. The monoisotopic (exact) mass is 300 g/mol. The van der Waals surface area contributed by atoms with Crippen molar-refractivity contribution in [2.45, 2.75) is 12.2 Å². The van der Waals surface area contributed by atoms with E-state index in [0.717, 1.165) is 0 Å². The molecule has 0 amide bonds. The van der Waals surface area contributed by atoms with Gasteiger partial charge in [-0.3, -0.25) is 0 Å². The third-order valence-electron chi connectivity index (χ3n) is 3.37. The average Bonchev–Trinajstić information content (AvgIpc) is 2.89. The quantitative estimate of drug-likeness (QED) is 0.368. The number of aromatic nitrogens is 1. The van der Waals surface area contributed by atoms with E-state index in [4.69, 9.17) is 32.0 Å². The molecule has 0 aliphatic carbocycles. The second-order valence-corrected chi connectivity index (χ2v) is 4.81. The zero-order valence-corrected chi connectivity index (χ0v) is 12.0. The van der Waals surface area contributed by atoms with Gasteiger partial charge in [0.1, 0.15) is 18.0 Å². The lowest BCUT2D eigenvalue weighted by Gasteiger charge is -2.19. The number of rotatable bonds is 4. The van der Waals surface area contributed by atoms with Gasteiger partial charge in [-0.15, -0.1) is 0 Å². The van der Waals surface area contributed by atoms with E-state index in [-0.39, 0.29) is 18.0 Å². The molecule has 110 valence electrons. The van der Waals surface area contributed by atoms with Gasteiger partial charge in [0.05, 0.1) is 5.02 Å². The van der Waals surface area contributed by atoms with E-state index in [0.29, 0.717) is 29.5 Å². The Bertz CT molecular complexity index is 499. The van der Waals surface area contributed by atoms with Crippen molar-refractivity contribution in [3.05, 3.63) is 22.8 Å². The van der Waals surface area contributed by atoms with Gasteiger partial charge in [0, 0.05) is 39.1 Å². The number of nitrogens with zero attached hydrogens (tertiary/aromatic N) is 3. The Hall–Kier alpha value is -1.57. The average molecular weight is 301 g/mol. The first-order valence-electron chi connectivity index (χ1n) is 6.05. The van der Waals surface area contributed by atoms with Crippen LogP contribution in [0.3, 0.4) is 0 Å². The Morgan fingerprint density at radius 2 is 2.05 bits per heavy atom. The summed E-state index contributed by atoms with van der Waals surface area (Å²) in [6.45, 7) is 1.22. The molecule has 2 heterocycles. The van der Waals surface area contributed by atoms with Crippen molar-refractivity contribution < 1.29 is 14.7 Å². The zero-order valence-electron chi connectivity index (χ0n) is 11.3. The smallest absolute Gasteiger partial charge is 0.171 e. The second-order valence-electron chi connectivity index (χ2n) is 4.43. The number of amidine groups is 1. The molecule has 7 nitrogen and oxygen atoms in total. The van der Waals surface area contributed by atoms with Crippen LogP contribution in [0.25, 0.3) is 0 Å². The predicted molar refractivity (Wildman–Crippen MR) is 75.6 cm³/mol. The van der Waals surface area contributed by atoms with Crippen LogP contribution in [-0.2, 0) is 9.47 Å². The Morgan fingerprint density at radius 3 is 2.55 bits per heavy atom. The molecule has 2 unspecified atom stereocenters. The summed E-state index contributed by atoms with van der Waals surface area (Å²) in [5.41, 5.74) is 6.03. The first kappa shape index (κ1) is 14.8. The highest BCUT2D eigenvalue weighted by Crippen LogP contribution is 2.30. The Balaban J connectivity index is 2.31. The van der Waals surface area contributed by atoms with Gasteiger partial charge in [-0.2, -0.15) is 0 Å². The molecule has 2 atom stereocenters. The molecular formula is C12H17ClN4O3. The fourth-order valence-corrected chi connectivity index (χ4v) is 2.60. The normalized spacial score (nSPS) is 23.4. The van der Waals surface area contributed by atoms with Crippen molar-refractivity contribution in [2.24, 2.45) is 10.9 Å². The van der Waals surface area contributed by atoms with Crippen molar-refractivity contribution in [3.8, 4) is 0 Å². The SMILES string of the molecule is COC1CN(c2nccc(/C(N)=N/O)c2Cl)CC1OC. The Kier molecular flexibility index (Phi) is 4.64. The fourth-order valence-electron chi connectivity index (χ4n) is 2.27. The maximum atomic E-state index is 8.76. The van der Waals surface area contributed by atoms with Gasteiger partial charge in [0.25, 0.3) is 0 Å². The zero-order chi connectivity index (χ0) is 14.7. The highest BCUT2D eigenvalue weighted by atomic mass is 35.5. The molecule has 3 N–H and O–H groups in total. The maximum Gasteiger partial charge on any atom is 0.171 e. The summed E-state index contributed by atoms with van der Waals surface area (Å²) in [7, 11) is 3.28. The predicted octanol–water partition coefficient (Wildman–Crippen LogP) is 0.679. The molecular weight excluding hydrogens is 284 g/mol. The third-order valence-corrected chi connectivity index (χ3v) is 3.75. The van der Waals surface area contributed by atoms with E-state index in [1.54, 1.807) is 26.5 Å². The Morgan fingerprint density at radius 1 is 1.45 bits per heavy atom. The van der Waals surface area contributed by atoms with Crippen molar-refractivity contribution >= 4 is 23.3 Å². The molecule has 0 radical (unpaired) electrons. The lowest BCUT2D eigenvalue weighted by Crippen LogP contribution is -2.27. The molecule has 8 heteroatoms. The fraction of sp³-hybridized carbons (Fsp3) is 0.500. The number of anilines is 1. The molecule has 1 aliphatic heterocycles. The highest BCUT2D eigenvalue weighted by molar-refractivity contribution is 6.36. The van der Waals surface area contributed by atoms with E-state index >= 15 is 0 Å². The molecule has 2 rings (SSSR count). The first-order valence-corrected chi connectivity index (χ1v) is 6.43. The number of nitrogens with two attached hydrogens (primary N) is 1. The summed E-state index contributed by atoms with van der Waals surface area (Å²) < 4.78 is 10.8. The minimum Gasteiger partial charge on any atom is -0.409 e. The largest absolute Gasteiger partial charge is 0.409 e. The van der Waals surface area contributed by atoms with E-state index in [1.807, 2.05) is 4.90 Å². The molecule has 20 heavy (non-hydrogen) atoms. The topological polar surface area (TPSA) is 93.2 Å². The maximum absolute atomic E-state index is 8.76. The van der Waals surface area contributed by atoms with Gasteiger partial charge in [-0.1, -0.05) is 16.8 Å². The van der Waals surface area contributed by atoms with Crippen LogP contribution in [-0.4, -0.2) is 55.5 Å². The van der Waals surface area contributed by atoms with Crippen LogP contribution in [0.1, 0.15) is 5.56 Å². The van der Waals surface area contributed by atoms with Crippen LogP contribution in [0.4, 0.5) is 5.82 Å². The van der Waals surface area contributed by atoms with Gasteiger partial charge in [0.2, 0.25) is 0 Å². The molecule has 1 saturated heterocycles. The van der Waals surface area contributed by atoms with Crippen molar-refractivity contribution in [1.82, 2.24) is 4.98 Å². The van der Waals surface area contributed by atoms with Crippen LogP contribution in [0.5, 0.6) is 0 Å². The first-order chi connectivity index (χ1) is 9.62. The van der Waals surface area contributed by atoms with Gasteiger partial charge < -0.3 is 25.3 Å². The second kappa shape index (κ2) is 6.25. The lowest BCUT2D eigenvalue weighted by atomic mass is 10.2. The van der Waals surface area contributed by atoms with Gasteiger partial charge in [-0.05, 0) is 6.07 Å². The van der Waals surface area contributed by atoms with Gasteiger partial charge in [0.15, 0.2) is 5.84 Å². The van der Waals surface area contributed by atoms with Crippen LogP contribution >= 0.6 is 11.6 Å². The number of hydrogen-bond acceptors (Lipinski definition) is 6. The number of pyridine rings is 1. The summed E-state index contributed by atoms with van der Waals surface area (Å²) >= 11 is 6.29. The van der Waals surface area contributed by atoms with E-state index < -0.39 is 0 Å². The molecule has 0 bridgehead atoms. The van der Waals surface area contributed by atoms with E-state index in [9.17, 15) is 0 Å². The highest BCUT2D eigenvalue weighted by Gasteiger charge is 2.34. The van der Waals surface area contributed by atoms with Crippen LogP contribution in [0.15, 0.2) is 17.4 Å². The summed E-state index contributed by atoms with van der Waals surface area (Å²) in [4.78, 5) is 6.22. The van der Waals surface area contributed by atoms with E-state index in [1.165, 1.54) is 0 Å². The molecule has 1 aromatic heterocycles. The van der Waals surface area contributed by atoms with Gasteiger partial charge in [-0.25, -0.2) is 4.98 Å². The number of hydrogen-bond donors (Lipinski definition) is 2. The van der Waals surface area contributed by atoms with Crippen LogP contribution < -0.4 is 10.6 Å². The molecule has 1 aromatic rings. The van der Waals surface area contributed by atoms with E-state index in [2.05, 4.69) is 10.1 Å². The van der Waals surface area contributed by atoms with Crippen molar-refractivity contribution in [1.29, 1.82) is 0 Å². The summed E-state index contributed by atoms with van der Waals surface area (Å²) in [5, 5.41) is 12.1. The summed E-state index contributed by atoms with van der Waals surface area (Å²) in [6, 6.07) is 1.60. The number of halogens is 1. The van der Waals surface area contributed by atoms with Crippen LogP contribution in [0.2, 0.25) is 5.02 Å². The summed E-state index contributed by atoms with van der Waals surface area (Å²) in [5.74, 6) is 0.516. The molecule has 1 aliphatic rings. The Labute approximate surface area is 121 Å². The van der Waals surface area contributed by atoms with Crippen LogP contribution in [0, 0.1) is 0 Å². The van der Waals surface area contributed by atoms with Gasteiger partial charge >= 0.3 is 0 Å². The van der Waals surface area contributed by atoms with Crippen molar-refractivity contribution in [3.63, 3.8) is 0 Å². The third kappa shape index (κ3) is 2.65. The standard InChI is InChI=1S/C12H17ClN4O3/c1-19-8-5-17(6-9(8)20-2)12-10(13)7(3-4-15-12)11(14)16-18/h3-4,8-9,18H,5-6H2,1-2H3,(H2,14,16). The molecule has 0 aromatic carbocycles. The lowest BCUT2D eigenvalue weighted by molar-refractivity contribution is -0.00461. The number of methoxy groups -OCH3 is 2. The molecule has 0 spiro atoms.